The van der Waals surface area contributed by atoms with Gasteiger partial charge in [0.25, 0.3) is 5.91 Å². The largest absolute Gasteiger partial charge is 0.487 e. The van der Waals surface area contributed by atoms with Gasteiger partial charge in [-0.2, -0.15) is 0 Å². The molecule has 0 aliphatic heterocycles. The number of rotatable bonds is 6. The maximum Gasteiger partial charge on any atom is 0.257 e. The van der Waals surface area contributed by atoms with Gasteiger partial charge in [-0.1, -0.05) is 24.3 Å². The number of hydrogen-bond acceptors (Lipinski definition) is 4. The number of pyridine rings is 1. The summed E-state index contributed by atoms with van der Waals surface area (Å²) in [5, 5.41) is 2.01. The van der Waals surface area contributed by atoms with Crippen LogP contribution in [0.15, 0.2) is 66.2 Å². The van der Waals surface area contributed by atoms with Gasteiger partial charge >= 0.3 is 0 Å². The number of aromatic nitrogens is 1. The van der Waals surface area contributed by atoms with Crippen LogP contribution in [-0.4, -0.2) is 22.8 Å². The second-order valence-electron chi connectivity index (χ2n) is 5.35. The molecule has 122 valence electrons. The number of amides is 1. The van der Waals surface area contributed by atoms with Gasteiger partial charge in [-0.3, -0.25) is 9.78 Å². The third-order valence-electron chi connectivity index (χ3n) is 3.54. The monoisotopic (exact) mass is 338 g/mol. The molecule has 0 bridgehead atoms. The Labute approximate surface area is 145 Å². The topological polar surface area (TPSA) is 42.4 Å². The molecule has 1 aromatic carbocycles. The summed E-state index contributed by atoms with van der Waals surface area (Å²) in [5.74, 6) is 0.520. The summed E-state index contributed by atoms with van der Waals surface area (Å²) >= 11 is 1.64. The van der Waals surface area contributed by atoms with Crippen LogP contribution in [0.5, 0.6) is 5.75 Å². The molecule has 0 fully saturated rings. The first-order valence-electron chi connectivity index (χ1n) is 7.63. The van der Waals surface area contributed by atoms with Crippen molar-refractivity contribution >= 4 is 17.2 Å². The molecule has 0 radical (unpaired) electrons. The summed E-state index contributed by atoms with van der Waals surface area (Å²) in [5.41, 5.74) is 1.41. The van der Waals surface area contributed by atoms with E-state index >= 15 is 0 Å². The van der Waals surface area contributed by atoms with Gasteiger partial charge in [0.1, 0.15) is 12.4 Å². The van der Waals surface area contributed by atoms with Gasteiger partial charge in [0.05, 0.1) is 17.8 Å². The molecule has 24 heavy (non-hydrogen) atoms. The maximum absolute atomic E-state index is 12.8. The molecule has 0 aliphatic carbocycles. The van der Waals surface area contributed by atoms with Gasteiger partial charge in [0.2, 0.25) is 0 Å². The molecule has 0 spiro atoms. The van der Waals surface area contributed by atoms with Crippen LogP contribution in [0.3, 0.4) is 0 Å². The minimum atomic E-state index is -0.0811. The fourth-order valence-corrected chi connectivity index (χ4v) is 2.94. The Morgan fingerprint density at radius 3 is 2.71 bits per heavy atom. The van der Waals surface area contributed by atoms with Gasteiger partial charge < -0.3 is 9.64 Å². The van der Waals surface area contributed by atoms with Crippen molar-refractivity contribution in [1.82, 2.24) is 9.88 Å². The lowest BCUT2D eigenvalue weighted by atomic mass is 10.1. The molecule has 0 atom stereocenters. The highest BCUT2D eigenvalue weighted by Gasteiger charge is 2.17. The zero-order valence-electron chi connectivity index (χ0n) is 13.4. The van der Waals surface area contributed by atoms with Crippen molar-refractivity contribution < 1.29 is 9.53 Å². The molecule has 3 aromatic rings. The van der Waals surface area contributed by atoms with Crippen molar-refractivity contribution in [3.05, 3.63) is 82.3 Å². The molecule has 0 aliphatic rings. The lowest BCUT2D eigenvalue weighted by Crippen LogP contribution is -2.27. The molecule has 3 rings (SSSR count). The van der Waals surface area contributed by atoms with E-state index in [1.165, 1.54) is 0 Å². The number of benzene rings is 1. The van der Waals surface area contributed by atoms with Crippen molar-refractivity contribution in [3.63, 3.8) is 0 Å². The highest BCUT2D eigenvalue weighted by Crippen LogP contribution is 2.22. The molecule has 5 heteroatoms. The third-order valence-corrected chi connectivity index (χ3v) is 4.39. The summed E-state index contributed by atoms with van der Waals surface area (Å²) in [6, 6.07) is 17.0. The predicted molar refractivity (Wildman–Crippen MR) is 95.1 cm³/mol. The number of carbonyl (C=O) groups is 1. The summed E-state index contributed by atoms with van der Waals surface area (Å²) in [7, 11) is 1.77. The summed E-state index contributed by atoms with van der Waals surface area (Å²) in [4.78, 5) is 19.8. The Morgan fingerprint density at radius 1 is 1.12 bits per heavy atom. The molecule has 0 saturated carbocycles. The Balaban J connectivity index is 1.72. The zero-order valence-corrected chi connectivity index (χ0v) is 14.2. The fourth-order valence-electron chi connectivity index (χ4n) is 2.32. The Morgan fingerprint density at radius 2 is 1.96 bits per heavy atom. The Kier molecular flexibility index (Phi) is 5.23. The van der Waals surface area contributed by atoms with E-state index in [2.05, 4.69) is 4.98 Å². The number of thiophene rings is 1. The highest BCUT2D eigenvalue weighted by atomic mass is 32.1. The second-order valence-corrected chi connectivity index (χ2v) is 6.38. The minimum Gasteiger partial charge on any atom is -0.487 e. The summed E-state index contributed by atoms with van der Waals surface area (Å²) in [6.07, 6.45) is 1.73. The summed E-state index contributed by atoms with van der Waals surface area (Å²) in [6.45, 7) is 0.921. The number of nitrogens with zero attached hydrogens (tertiary/aromatic N) is 2. The molecule has 1 amide bonds. The van der Waals surface area contributed by atoms with Crippen LogP contribution in [0.4, 0.5) is 0 Å². The summed E-state index contributed by atoms with van der Waals surface area (Å²) < 4.78 is 5.85. The number of hydrogen-bond donors (Lipinski definition) is 0. The van der Waals surface area contributed by atoms with Crippen molar-refractivity contribution in [2.24, 2.45) is 0 Å². The van der Waals surface area contributed by atoms with Crippen molar-refractivity contribution in [2.75, 3.05) is 7.05 Å². The minimum absolute atomic E-state index is 0.0811. The maximum atomic E-state index is 12.8. The first-order valence-corrected chi connectivity index (χ1v) is 8.51. The van der Waals surface area contributed by atoms with Crippen molar-refractivity contribution in [3.8, 4) is 5.75 Å². The molecule has 2 heterocycles. The van der Waals surface area contributed by atoms with E-state index in [1.54, 1.807) is 35.5 Å². The molecule has 2 aromatic heterocycles. The van der Waals surface area contributed by atoms with E-state index in [4.69, 9.17) is 4.74 Å². The van der Waals surface area contributed by atoms with Crippen LogP contribution in [0.2, 0.25) is 0 Å². The first kappa shape index (κ1) is 16.2. The number of ether oxygens (including phenoxy) is 1. The second kappa shape index (κ2) is 7.75. The SMILES string of the molecule is CN(Cc1ccccn1)C(=O)c1ccccc1OCc1cccs1. The normalized spacial score (nSPS) is 10.4. The highest BCUT2D eigenvalue weighted by molar-refractivity contribution is 7.09. The quantitative estimate of drug-likeness (QED) is 0.682. The zero-order chi connectivity index (χ0) is 16.8. The molecular formula is C19H18N2O2S. The standard InChI is InChI=1S/C19H18N2O2S/c1-21(13-15-7-4-5-11-20-15)19(22)17-9-2-3-10-18(17)23-14-16-8-6-12-24-16/h2-12H,13-14H2,1H3. The lowest BCUT2D eigenvalue weighted by molar-refractivity contribution is 0.0778. The van der Waals surface area contributed by atoms with Crippen molar-refractivity contribution in [2.45, 2.75) is 13.2 Å². The van der Waals surface area contributed by atoms with Crippen LogP contribution < -0.4 is 4.74 Å². The molecule has 4 nitrogen and oxygen atoms in total. The predicted octanol–water partition coefficient (Wildman–Crippen LogP) is 3.99. The van der Waals surface area contributed by atoms with E-state index in [-0.39, 0.29) is 5.91 Å². The Hall–Kier alpha value is -2.66. The smallest absolute Gasteiger partial charge is 0.257 e. The number of carbonyl (C=O) groups excluding carboxylic acids is 1. The van der Waals surface area contributed by atoms with Gasteiger partial charge in [-0.05, 0) is 35.7 Å². The van der Waals surface area contributed by atoms with E-state index in [0.717, 1.165) is 10.6 Å². The Bertz CT molecular complexity index is 788. The average molecular weight is 338 g/mol. The lowest BCUT2D eigenvalue weighted by Gasteiger charge is -2.18. The van der Waals surface area contributed by atoms with Crippen LogP contribution in [0.25, 0.3) is 0 Å². The molecular weight excluding hydrogens is 320 g/mol. The van der Waals surface area contributed by atoms with Crippen LogP contribution >= 0.6 is 11.3 Å². The van der Waals surface area contributed by atoms with Gasteiger partial charge in [-0.25, -0.2) is 0 Å². The molecule has 0 saturated heterocycles. The molecule has 0 N–H and O–H groups in total. The van der Waals surface area contributed by atoms with Crippen molar-refractivity contribution in [1.29, 1.82) is 0 Å². The van der Waals surface area contributed by atoms with Gasteiger partial charge in [0.15, 0.2) is 0 Å². The molecule has 0 unspecified atom stereocenters. The number of para-hydroxylation sites is 1. The van der Waals surface area contributed by atoms with Crippen LogP contribution in [-0.2, 0) is 13.2 Å². The van der Waals surface area contributed by atoms with Gasteiger partial charge in [-0.15, -0.1) is 11.3 Å². The van der Waals surface area contributed by atoms with Gasteiger partial charge in [0, 0.05) is 18.1 Å². The van der Waals surface area contributed by atoms with E-state index < -0.39 is 0 Å². The van der Waals surface area contributed by atoms with E-state index in [0.29, 0.717) is 24.5 Å². The van der Waals surface area contributed by atoms with Crippen LogP contribution in [0, 0.1) is 0 Å². The third kappa shape index (κ3) is 4.00. The van der Waals surface area contributed by atoms with E-state index in [1.807, 2.05) is 53.9 Å². The average Bonchev–Trinajstić information content (AvgIpc) is 3.14. The van der Waals surface area contributed by atoms with E-state index in [9.17, 15) is 4.79 Å². The first-order chi connectivity index (χ1) is 11.7. The fraction of sp³-hybridized carbons (Fsp3) is 0.158. The van der Waals surface area contributed by atoms with Crippen LogP contribution in [0.1, 0.15) is 20.9 Å².